The third-order valence-electron chi connectivity index (χ3n) is 10.8. The number of rotatable bonds is 5. The molecule has 0 saturated carbocycles. The standard InChI is InChI=1S/C48H33N3S/c1-29-27-39-35-21-10-9-19-33(35)28-40(39)43(30(29)2)46-47(32-17-7-4-8-18-32)49-51-50-48(46)38-25-26-42-45(37-23-13-14-24-41(37)52-42)44(38)36-22-12-11-20-34(36)31-15-5-3-6-16-31/h3-27H,28H2,1-2H3. The predicted octanol–water partition coefficient (Wildman–Crippen LogP) is 12.8. The summed E-state index contributed by atoms with van der Waals surface area (Å²) < 4.78 is 2.52. The summed E-state index contributed by atoms with van der Waals surface area (Å²) >= 11 is 1.84. The molecule has 0 saturated heterocycles. The topological polar surface area (TPSA) is 38.7 Å². The smallest absolute Gasteiger partial charge is 0.105 e. The quantitative estimate of drug-likeness (QED) is 0.181. The number of aromatic nitrogens is 3. The molecule has 1 aliphatic rings. The summed E-state index contributed by atoms with van der Waals surface area (Å²) in [6, 6.07) is 54.5. The van der Waals surface area contributed by atoms with Gasteiger partial charge in [0, 0.05) is 42.4 Å². The van der Waals surface area contributed by atoms with Crippen molar-refractivity contribution in [3.63, 3.8) is 0 Å². The van der Waals surface area contributed by atoms with Gasteiger partial charge in [-0.25, -0.2) is 0 Å². The highest BCUT2D eigenvalue weighted by atomic mass is 32.1. The molecule has 0 atom stereocenters. The van der Waals surface area contributed by atoms with Gasteiger partial charge in [0.15, 0.2) is 0 Å². The fourth-order valence-corrected chi connectivity index (χ4v) is 9.39. The zero-order chi connectivity index (χ0) is 34.8. The molecule has 0 radical (unpaired) electrons. The van der Waals surface area contributed by atoms with Gasteiger partial charge in [0.05, 0.1) is 0 Å². The molecule has 0 N–H and O–H groups in total. The lowest BCUT2D eigenvalue weighted by Crippen LogP contribution is -2.05. The van der Waals surface area contributed by atoms with E-state index in [1.54, 1.807) is 0 Å². The number of fused-ring (bicyclic) bond motifs is 6. The van der Waals surface area contributed by atoms with E-state index < -0.39 is 0 Å². The molecule has 0 amide bonds. The minimum Gasteiger partial charge on any atom is -0.135 e. The van der Waals surface area contributed by atoms with Crippen molar-refractivity contribution in [1.29, 1.82) is 0 Å². The third kappa shape index (κ3) is 4.75. The van der Waals surface area contributed by atoms with Crippen molar-refractivity contribution in [2.45, 2.75) is 20.3 Å². The summed E-state index contributed by atoms with van der Waals surface area (Å²) in [6.45, 7) is 4.49. The van der Waals surface area contributed by atoms with Crippen LogP contribution in [0.15, 0.2) is 152 Å². The second-order valence-corrected chi connectivity index (χ2v) is 14.7. The summed E-state index contributed by atoms with van der Waals surface area (Å²) in [7, 11) is 0. The van der Waals surface area contributed by atoms with Gasteiger partial charge < -0.3 is 0 Å². The van der Waals surface area contributed by atoms with E-state index in [-0.39, 0.29) is 0 Å². The molecule has 0 bridgehead atoms. The van der Waals surface area contributed by atoms with E-state index in [0.717, 1.165) is 34.5 Å². The van der Waals surface area contributed by atoms with Gasteiger partial charge >= 0.3 is 0 Å². The van der Waals surface area contributed by atoms with Crippen molar-refractivity contribution in [2.75, 3.05) is 0 Å². The highest BCUT2D eigenvalue weighted by Gasteiger charge is 2.30. The highest BCUT2D eigenvalue weighted by Crippen LogP contribution is 2.52. The van der Waals surface area contributed by atoms with Crippen LogP contribution >= 0.6 is 11.3 Å². The molecule has 7 aromatic carbocycles. The molecule has 3 nitrogen and oxygen atoms in total. The van der Waals surface area contributed by atoms with E-state index in [1.165, 1.54) is 81.4 Å². The molecule has 2 aromatic heterocycles. The number of benzene rings is 7. The van der Waals surface area contributed by atoms with Crippen molar-refractivity contribution in [3.8, 4) is 67.0 Å². The van der Waals surface area contributed by atoms with Crippen LogP contribution < -0.4 is 0 Å². The Bertz CT molecular complexity index is 2840. The van der Waals surface area contributed by atoms with Gasteiger partial charge in [-0.15, -0.1) is 21.5 Å². The molecular formula is C48H33N3S. The van der Waals surface area contributed by atoms with Crippen LogP contribution in [-0.4, -0.2) is 15.4 Å². The summed E-state index contributed by atoms with van der Waals surface area (Å²) in [5.74, 6) is 0. The Kier molecular flexibility index (Phi) is 7.19. The molecule has 4 heteroatoms. The Morgan fingerprint density at radius 3 is 1.94 bits per heavy atom. The fraction of sp³-hybridized carbons (Fsp3) is 0.0625. The number of thiophene rings is 1. The Morgan fingerprint density at radius 1 is 0.481 bits per heavy atom. The number of hydrogen-bond acceptors (Lipinski definition) is 4. The summed E-state index contributed by atoms with van der Waals surface area (Å²) in [4.78, 5) is 0. The fourth-order valence-electron chi connectivity index (χ4n) is 8.27. The first-order valence-corrected chi connectivity index (χ1v) is 18.6. The van der Waals surface area contributed by atoms with Gasteiger partial charge in [-0.1, -0.05) is 140 Å². The SMILES string of the molecule is Cc1cc2c(c(-c3c(-c4ccccc4)nnnc3-c3ccc4sc5ccccc5c4c3-c3ccccc3-c3ccccc3)c1C)Cc1ccccc1-2. The number of hydrogen-bond donors (Lipinski definition) is 0. The summed E-state index contributed by atoms with van der Waals surface area (Å²) in [5, 5.41) is 17.0. The Balaban J connectivity index is 1.37. The molecule has 0 aliphatic heterocycles. The zero-order valence-corrected chi connectivity index (χ0v) is 29.7. The second-order valence-electron chi connectivity index (χ2n) is 13.7. The van der Waals surface area contributed by atoms with Crippen molar-refractivity contribution in [1.82, 2.24) is 15.4 Å². The van der Waals surface area contributed by atoms with Crippen molar-refractivity contribution >= 4 is 31.5 Å². The normalized spacial score (nSPS) is 12.0. The molecule has 2 heterocycles. The maximum atomic E-state index is 5.06. The molecule has 0 spiro atoms. The third-order valence-corrected chi connectivity index (χ3v) is 11.9. The van der Waals surface area contributed by atoms with Crippen LogP contribution in [-0.2, 0) is 6.42 Å². The molecule has 0 unspecified atom stereocenters. The van der Waals surface area contributed by atoms with E-state index in [4.69, 9.17) is 10.2 Å². The van der Waals surface area contributed by atoms with E-state index in [1.807, 2.05) is 11.3 Å². The lowest BCUT2D eigenvalue weighted by molar-refractivity contribution is 0.878. The Labute approximate surface area is 306 Å². The molecule has 0 fully saturated rings. The first-order valence-electron chi connectivity index (χ1n) is 17.8. The first kappa shape index (κ1) is 30.6. The molecule has 246 valence electrons. The van der Waals surface area contributed by atoms with Gasteiger partial charge in [0.25, 0.3) is 0 Å². The summed E-state index contributed by atoms with van der Waals surface area (Å²) in [6.07, 6.45) is 0.857. The van der Waals surface area contributed by atoms with Crippen LogP contribution in [0, 0.1) is 13.8 Å². The molecule has 10 rings (SSSR count). The van der Waals surface area contributed by atoms with Crippen LogP contribution in [0.1, 0.15) is 22.3 Å². The first-order chi connectivity index (χ1) is 25.7. The predicted molar refractivity (Wildman–Crippen MR) is 218 cm³/mol. The number of aryl methyl sites for hydroxylation is 1. The minimum absolute atomic E-state index is 0.843. The lowest BCUT2D eigenvalue weighted by atomic mass is 9.82. The highest BCUT2D eigenvalue weighted by molar-refractivity contribution is 7.26. The molecule has 52 heavy (non-hydrogen) atoms. The van der Waals surface area contributed by atoms with E-state index in [2.05, 4.69) is 171 Å². The van der Waals surface area contributed by atoms with Crippen molar-refractivity contribution in [2.24, 2.45) is 0 Å². The maximum Gasteiger partial charge on any atom is 0.105 e. The minimum atomic E-state index is 0.843. The van der Waals surface area contributed by atoms with E-state index in [9.17, 15) is 0 Å². The van der Waals surface area contributed by atoms with Crippen LogP contribution in [0.4, 0.5) is 0 Å². The van der Waals surface area contributed by atoms with E-state index >= 15 is 0 Å². The van der Waals surface area contributed by atoms with Gasteiger partial charge in [0.2, 0.25) is 0 Å². The maximum absolute atomic E-state index is 5.06. The van der Waals surface area contributed by atoms with Crippen LogP contribution in [0.25, 0.3) is 87.2 Å². The van der Waals surface area contributed by atoms with Crippen LogP contribution in [0.3, 0.4) is 0 Å². The van der Waals surface area contributed by atoms with Gasteiger partial charge in [-0.3, -0.25) is 0 Å². The molecular weight excluding hydrogens is 651 g/mol. The van der Waals surface area contributed by atoms with E-state index in [0.29, 0.717) is 0 Å². The van der Waals surface area contributed by atoms with Crippen molar-refractivity contribution < 1.29 is 0 Å². The van der Waals surface area contributed by atoms with Crippen LogP contribution in [0.5, 0.6) is 0 Å². The van der Waals surface area contributed by atoms with Gasteiger partial charge in [-0.2, -0.15) is 0 Å². The van der Waals surface area contributed by atoms with Gasteiger partial charge in [0.1, 0.15) is 11.4 Å². The summed E-state index contributed by atoms with van der Waals surface area (Å²) in [5.41, 5.74) is 18.5. The zero-order valence-electron chi connectivity index (χ0n) is 28.9. The second kappa shape index (κ2) is 12.2. The number of nitrogens with zero attached hydrogens (tertiary/aromatic N) is 3. The molecule has 9 aromatic rings. The van der Waals surface area contributed by atoms with Crippen molar-refractivity contribution in [3.05, 3.63) is 174 Å². The average molecular weight is 684 g/mol. The largest absolute Gasteiger partial charge is 0.135 e. The average Bonchev–Trinajstić information content (AvgIpc) is 3.77. The lowest BCUT2D eigenvalue weighted by Gasteiger charge is -2.22. The monoisotopic (exact) mass is 683 g/mol. The Morgan fingerprint density at radius 2 is 1.13 bits per heavy atom. The molecule has 1 aliphatic carbocycles. The Hall–Kier alpha value is -6.23. The van der Waals surface area contributed by atoms with Crippen LogP contribution in [0.2, 0.25) is 0 Å². The van der Waals surface area contributed by atoms with Gasteiger partial charge in [-0.05, 0) is 93.2 Å².